The van der Waals surface area contributed by atoms with Crippen LogP contribution in [0.1, 0.15) is 70.3 Å². The van der Waals surface area contributed by atoms with E-state index in [0.29, 0.717) is 5.92 Å². The monoisotopic (exact) mass is 380 g/mol. The minimum Gasteiger partial charge on any atom is -0.331 e. The summed E-state index contributed by atoms with van der Waals surface area (Å²) in [7, 11) is 1.92. The summed E-state index contributed by atoms with van der Waals surface area (Å²) in [6.07, 6.45) is 4.22. The van der Waals surface area contributed by atoms with Gasteiger partial charge in [0, 0.05) is 30.1 Å². The van der Waals surface area contributed by atoms with Gasteiger partial charge in [-0.05, 0) is 55.7 Å². The van der Waals surface area contributed by atoms with Crippen molar-refractivity contribution in [3.63, 3.8) is 0 Å². The Balaban J connectivity index is 1.63. The van der Waals surface area contributed by atoms with Gasteiger partial charge in [0.2, 0.25) is 0 Å². The second kappa shape index (κ2) is 6.16. The van der Waals surface area contributed by atoms with Crippen molar-refractivity contribution in [2.45, 2.75) is 51.5 Å². The molecule has 3 aromatic heterocycles. The van der Waals surface area contributed by atoms with Crippen LogP contribution in [0.3, 0.4) is 0 Å². The third-order valence-electron chi connectivity index (χ3n) is 5.96. The number of nitrogens with zero attached hydrogens (tertiary/aromatic N) is 4. The van der Waals surface area contributed by atoms with Gasteiger partial charge in [0.15, 0.2) is 5.65 Å². The number of thiophene rings is 1. The molecule has 0 spiro atoms. The maximum atomic E-state index is 13.7. The van der Waals surface area contributed by atoms with Crippen LogP contribution in [0.2, 0.25) is 0 Å². The molecule has 5 rings (SSSR count). The molecule has 1 saturated carbocycles. The first-order valence-corrected chi connectivity index (χ1v) is 10.7. The number of carbonyl (C=O) groups is 1. The molecular formula is C21H24N4OS. The molecule has 0 bridgehead atoms. The minimum atomic E-state index is 0.129. The second-order valence-corrected chi connectivity index (χ2v) is 8.75. The van der Waals surface area contributed by atoms with Gasteiger partial charge in [0.05, 0.1) is 22.7 Å². The molecule has 1 atom stereocenters. The molecule has 1 aliphatic carbocycles. The first-order valence-electron chi connectivity index (χ1n) is 9.80. The van der Waals surface area contributed by atoms with E-state index in [1.807, 2.05) is 36.1 Å². The van der Waals surface area contributed by atoms with Crippen LogP contribution in [0.25, 0.3) is 11.0 Å². The first kappa shape index (κ1) is 16.9. The van der Waals surface area contributed by atoms with Crippen molar-refractivity contribution in [3.8, 4) is 0 Å². The quantitative estimate of drug-likeness (QED) is 0.678. The van der Waals surface area contributed by atoms with E-state index in [1.165, 1.54) is 23.3 Å². The molecule has 0 saturated heterocycles. The number of rotatable bonds is 3. The summed E-state index contributed by atoms with van der Waals surface area (Å²) < 4.78 is 1.82. The fourth-order valence-electron chi connectivity index (χ4n) is 4.46. The summed E-state index contributed by atoms with van der Waals surface area (Å²) in [5.41, 5.74) is 4.88. The van der Waals surface area contributed by atoms with E-state index < -0.39 is 0 Å². The molecule has 140 valence electrons. The van der Waals surface area contributed by atoms with Crippen LogP contribution in [0.4, 0.5) is 0 Å². The lowest BCUT2D eigenvalue weighted by atomic mass is 9.96. The van der Waals surface area contributed by atoms with Crippen molar-refractivity contribution in [2.75, 3.05) is 6.54 Å². The van der Waals surface area contributed by atoms with Crippen molar-refractivity contribution in [1.29, 1.82) is 0 Å². The van der Waals surface area contributed by atoms with E-state index in [-0.39, 0.29) is 11.9 Å². The maximum Gasteiger partial charge on any atom is 0.255 e. The minimum absolute atomic E-state index is 0.129. The predicted octanol–water partition coefficient (Wildman–Crippen LogP) is 4.37. The van der Waals surface area contributed by atoms with Crippen LogP contribution in [-0.2, 0) is 13.5 Å². The number of aromatic nitrogens is 3. The summed E-state index contributed by atoms with van der Waals surface area (Å²) in [4.78, 5) is 22.1. The number of hydrogen-bond acceptors (Lipinski definition) is 4. The molecule has 5 nitrogen and oxygen atoms in total. The fourth-order valence-corrected chi connectivity index (χ4v) is 5.38. The fraction of sp³-hybridized carbons (Fsp3) is 0.476. The zero-order valence-electron chi connectivity index (χ0n) is 16.0. The molecule has 1 unspecified atom stereocenters. The van der Waals surface area contributed by atoms with Gasteiger partial charge < -0.3 is 4.90 Å². The number of pyridine rings is 1. The van der Waals surface area contributed by atoms with Crippen molar-refractivity contribution in [3.05, 3.63) is 44.9 Å². The SMILES string of the molecule is CCC1c2ccsc2CCN1C(=O)c1cc(C2CC2)nc2c1c(C)nn2C. The molecule has 0 aromatic carbocycles. The summed E-state index contributed by atoms with van der Waals surface area (Å²) in [5, 5.41) is 7.62. The largest absolute Gasteiger partial charge is 0.331 e. The Morgan fingerprint density at radius 2 is 2.19 bits per heavy atom. The van der Waals surface area contributed by atoms with E-state index >= 15 is 0 Å². The molecule has 0 radical (unpaired) electrons. The molecule has 2 aliphatic rings. The van der Waals surface area contributed by atoms with Crippen molar-refractivity contribution >= 4 is 28.3 Å². The van der Waals surface area contributed by atoms with E-state index in [2.05, 4.69) is 28.4 Å². The Bertz CT molecular complexity index is 1050. The van der Waals surface area contributed by atoms with E-state index in [9.17, 15) is 4.79 Å². The molecule has 0 N–H and O–H groups in total. The molecule has 1 amide bonds. The van der Waals surface area contributed by atoms with Crippen LogP contribution in [0.15, 0.2) is 17.5 Å². The molecule has 27 heavy (non-hydrogen) atoms. The Hall–Kier alpha value is -2.21. The van der Waals surface area contributed by atoms with Crippen LogP contribution in [0.5, 0.6) is 0 Å². The van der Waals surface area contributed by atoms with Crippen molar-refractivity contribution < 1.29 is 4.79 Å². The normalized spacial score (nSPS) is 19.5. The van der Waals surface area contributed by atoms with Gasteiger partial charge in [-0.15, -0.1) is 11.3 Å². The van der Waals surface area contributed by atoms with E-state index in [1.54, 1.807) is 0 Å². The summed E-state index contributed by atoms with van der Waals surface area (Å²) >= 11 is 1.82. The Morgan fingerprint density at radius 1 is 1.37 bits per heavy atom. The number of carbonyl (C=O) groups excluding carboxylic acids is 1. The van der Waals surface area contributed by atoms with Crippen LogP contribution < -0.4 is 0 Å². The maximum absolute atomic E-state index is 13.7. The van der Waals surface area contributed by atoms with Gasteiger partial charge in [-0.3, -0.25) is 9.48 Å². The van der Waals surface area contributed by atoms with Crippen molar-refractivity contribution in [1.82, 2.24) is 19.7 Å². The lowest BCUT2D eigenvalue weighted by Gasteiger charge is -2.35. The van der Waals surface area contributed by atoms with E-state index in [4.69, 9.17) is 4.98 Å². The summed E-state index contributed by atoms with van der Waals surface area (Å²) in [6, 6.07) is 4.41. The first-order chi connectivity index (χ1) is 13.1. The molecule has 6 heteroatoms. The van der Waals surface area contributed by atoms with E-state index in [0.717, 1.165) is 47.4 Å². The zero-order valence-corrected chi connectivity index (χ0v) is 16.8. The van der Waals surface area contributed by atoms with Gasteiger partial charge >= 0.3 is 0 Å². The van der Waals surface area contributed by atoms with Gasteiger partial charge in [0.25, 0.3) is 5.91 Å². The van der Waals surface area contributed by atoms with Crippen LogP contribution >= 0.6 is 11.3 Å². The molecule has 4 heterocycles. The number of fused-ring (bicyclic) bond motifs is 2. The van der Waals surface area contributed by atoms with Crippen molar-refractivity contribution in [2.24, 2.45) is 7.05 Å². The topological polar surface area (TPSA) is 51.0 Å². The smallest absolute Gasteiger partial charge is 0.255 e. The highest BCUT2D eigenvalue weighted by atomic mass is 32.1. The molecule has 1 aliphatic heterocycles. The van der Waals surface area contributed by atoms with Crippen LogP contribution in [0, 0.1) is 6.92 Å². The third-order valence-corrected chi connectivity index (χ3v) is 6.95. The Morgan fingerprint density at radius 3 is 2.93 bits per heavy atom. The summed E-state index contributed by atoms with van der Waals surface area (Å²) in [5.74, 6) is 0.632. The third kappa shape index (κ3) is 2.61. The highest BCUT2D eigenvalue weighted by Crippen LogP contribution is 2.41. The average Bonchev–Trinajstić information content (AvgIpc) is 3.34. The van der Waals surface area contributed by atoms with Crippen LogP contribution in [-0.4, -0.2) is 32.1 Å². The average molecular weight is 381 g/mol. The number of amides is 1. The highest BCUT2D eigenvalue weighted by Gasteiger charge is 2.34. The van der Waals surface area contributed by atoms with Gasteiger partial charge in [-0.25, -0.2) is 4.98 Å². The second-order valence-electron chi connectivity index (χ2n) is 7.75. The Kier molecular flexibility index (Phi) is 3.86. The predicted molar refractivity (Wildman–Crippen MR) is 107 cm³/mol. The zero-order chi connectivity index (χ0) is 18.7. The lowest BCUT2D eigenvalue weighted by molar-refractivity contribution is 0.0659. The lowest BCUT2D eigenvalue weighted by Crippen LogP contribution is -2.39. The molecule has 3 aromatic rings. The summed E-state index contributed by atoms with van der Waals surface area (Å²) in [6.45, 7) is 4.93. The highest BCUT2D eigenvalue weighted by molar-refractivity contribution is 7.10. The number of aryl methyl sites for hydroxylation is 2. The van der Waals surface area contributed by atoms with Gasteiger partial charge in [0.1, 0.15) is 0 Å². The standard InChI is InChI=1S/C21H24N4OS/c1-4-17-14-8-10-27-18(14)7-9-25(17)21(26)15-11-16(13-5-6-13)22-20-19(15)12(2)23-24(20)3/h8,10-11,13,17H,4-7,9H2,1-3H3. The molecular weight excluding hydrogens is 356 g/mol. The Labute approximate surface area is 163 Å². The molecule has 1 fully saturated rings. The number of hydrogen-bond donors (Lipinski definition) is 0. The van der Waals surface area contributed by atoms with Gasteiger partial charge in [-0.2, -0.15) is 5.10 Å². The van der Waals surface area contributed by atoms with Gasteiger partial charge in [-0.1, -0.05) is 6.92 Å².